The Labute approximate surface area is 113 Å². The molecule has 0 atom stereocenters. The number of carbonyl (C=O) groups excluding carboxylic acids is 2. The predicted octanol–water partition coefficient (Wildman–Crippen LogP) is 1.98. The van der Waals surface area contributed by atoms with Crippen molar-refractivity contribution in [3.8, 4) is 0 Å². The lowest BCUT2D eigenvalue weighted by Gasteiger charge is -2.08. The van der Waals surface area contributed by atoms with E-state index in [1.807, 2.05) is 18.2 Å². The van der Waals surface area contributed by atoms with E-state index in [1.165, 1.54) is 0 Å². The summed E-state index contributed by atoms with van der Waals surface area (Å²) < 4.78 is 5.61. The second-order valence-electron chi connectivity index (χ2n) is 3.09. The lowest BCUT2D eigenvalue weighted by Crippen LogP contribution is -2.34. The van der Waals surface area contributed by atoms with Crippen molar-refractivity contribution in [3.05, 3.63) is 27.8 Å². The molecule has 2 N–H and O–H groups in total. The molecule has 5 nitrogen and oxygen atoms in total. The van der Waals surface area contributed by atoms with Gasteiger partial charge >= 0.3 is 12.0 Å². The lowest BCUT2D eigenvalue weighted by molar-refractivity contribution is -0.141. The van der Waals surface area contributed by atoms with Gasteiger partial charge in [0.05, 0.1) is 12.3 Å². The van der Waals surface area contributed by atoms with Crippen LogP contribution in [0.15, 0.2) is 24.3 Å². The minimum Gasteiger partial charge on any atom is -0.465 e. The molecule has 0 spiro atoms. The number of rotatable bonds is 4. The maximum Gasteiger partial charge on any atom is 0.325 e. The summed E-state index contributed by atoms with van der Waals surface area (Å²) in [5.41, 5.74) is 0.703. The van der Waals surface area contributed by atoms with Crippen LogP contribution in [0.2, 0.25) is 0 Å². The van der Waals surface area contributed by atoms with Crippen LogP contribution in [0.5, 0.6) is 0 Å². The maximum atomic E-state index is 11.4. The molecule has 0 aliphatic carbocycles. The number of urea groups is 1. The second-order valence-corrected chi connectivity index (χ2v) is 4.25. The molecule has 0 aliphatic rings. The topological polar surface area (TPSA) is 67.4 Å². The van der Waals surface area contributed by atoms with Crippen LogP contribution in [0.1, 0.15) is 6.92 Å². The number of ether oxygens (including phenoxy) is 1. The summed E-state index contributed by atoms with van der Waals surface area (Å²) in [4.78, 5) is 22.4. The smallest absolute Gasteiger partial charge is 0.325 e. The van der Waals surface area contributed by atoms with Crippen molar-refractivity contribution in [2.24, 2.45) is 0 Å². The average molecular weight is 348 g/mol. The third-order valence-corrected chi connectivity index (χ3v) is 2.76. The molecular formula is C11H13IN2O3. The highest BCUT2D eigenvalue weighted by Gasteiger charge is 2.07. The van der Waals surface area contributed by atoms with Gasteiger partial charge in [0.25, 0.3) is 0 Å². The molecule has 1 aromatic carbocycles. The van der Waals surface area contributed by atoms with Gasteiger partial charge in [-0.25, -0.2) is 4.79 Å². The van der Waals surface area contributed by atoms with E-state index < -0.39 is 12.0 Å². The molecule has 17 heavy (non-hydrogen) atoms. The first kappa shape index (κ1) is 13.8. The Kier molecular flexibility index (Phi) is 5.75. The number of halogens is 1. The van der Waals surface area contributed by atoms with Gasteiger partial charge in [-0.2, -0.15) is 0 Å². The Balaban J connectivity index is 2.40. The summed E-state index contributed by atoms with van der Waals surface area (Å²) in [5.74, 6) is -0.453. The number of hydrogen-bond acceptors (Lipinski definition) is 3. The van der Waals surface area contributed by atoms with E-state index in [4.69, 9.17) is 0 Å². The highest BCUT2D eigenvalue weighted by molar-refractivity contribution is 14.1. The summed E-state index contributed by atoms with van der Waals surface area (Å²) in [5, 5.41) is 5.06. The Hall–Kier alpha value is -1.31. The van der Waals surface area contributed by atoms with E-state index in [9.17, 15) is 9.59 Å². The Morgan fingerprint density at radius 2 is 2.06 bits per heavy atom. The van der Waals surface area contributed by atoms with Crippen LogP contribution >= 0.6 is 22.6 Å². The van der Waals surface area contributed by atoms with Crippen molar-refractivity contribution in [1.82, 2.24) is 5.32 Å². The van der Waals surface area contributed by atoms with Gasteiger partial charge in [-0.1, -0.05) is 12.1 Å². The van der Waals surface area contributed by atoms with E-state index >= 15 is 0 Å². The van der Waals surface area contributed by atoms with Gasteiger partial charge in [-0.05, 0) is 41.6 Å². The molecule has 0 aliphatic heterocycles. The van der Waals surface area contributed by atoms with Crippen molar-refractivity contribution < 1.29 is 14.3 Å². The third kappa shape index (κ3) is 5.03. The van der Waals surface area contributed by atoms with Crippen LogP contribution in [0.25, 0.3) is 0 Å². The molecule has 1 rings (SSSR count). The molecule has 0 heterocycles. The van der Waals surface area contributed by atoms with Crippen LogP contribution in [-0.2, 0) is 9.53 Å². The van der Waals surface area contributed by atoms with Crippen LogP contribution in [0, 0.1) is 3.57 Å². The lowest BCUT2D eigenvalue weighted by atomic mass is 10.3. The molecular weight excluding hydrogens is 335 g/mol. The number of carbonyl (C=O) groups is 2. The molecule has 0 fully saturated rings. The first-order valence-corrected chi connectivity index (χ1v) is 6.16. The Bertz CT molecular complexity index is 409. The molecule has 2 amide bonds. The highest BCUT2D eigenvalue weighted by atomic mass is 127. The number of anilines is 1. The fraction of sp³-hybridized carbons (Fsp3) is 0.273. The molecule has 0 radical (unpaired) electrons. The molecule has 6 heteroatoms. The number of hydrogen-bond donors (Lipinski definition) is 2. The van der Waals surface area contributed by atoms with Crippen molar-refractivity contribution >= 4 is 40.3 Å². The largest absolute Gasteiger partial charge is 0.465 e. The maximum absolute atomic E-state index is 11.4. The SMILES string of the molecule is CCOC(=O)CNC(=O)Nc1ccccc1I. The summed E-state index contributed by atoms with van der Waals surface area (Å²) in [7, 11) is 0. The normalized spacial score (nSPS) is 9.53. The molecule has 0 unspecified atom stereocenters. The number of amides is 2. The van der Waals surface area contributed by atoms with Gasteiger partial charge in [0.2, 0.25) is 0 Å². The summed E-state index contributed by atoms with van der Waals surface area (Å²) in [6.07, 6.45) is 0. The van der Waals surface area contributed by atoms with Crippen LogP contribution in [0.4, 0.5) is 10.5 Å². The zero-order valence-corrected chi connectivity index (χ0v) is 11.5. The van der Waals surface area contributed by atoms with E-state index in [1.54, 1.807) is 13.0 Å². The monoisotopic (exact) mass is 348 g/mol. The van der Waals surface area contributed by atoms with E-state index in [2.05, 4.69) is 38.0 Å². The minimum atomic E-state index is -0.453. The number of nitrogens with one attached hydrogen (secondary N) is 2. The summed E-state index contributed by atoms with van der Waals surface area (Å²) in [6.45, 7) is 1.88. The van der Waals surface area contributed by atoms with E-state index in [-0.39, 0.29) is 6.54 Å². The van der Waals surface area contributed by atoms with Gasteiger partial charge in [-0.3, -0.25) is 4.79 Å². The first-order valence-electron chi connectivity index (χ1n) is 5.08. The second kappa shape index (κ2) is 7.10. The standard InChI is InChI=1S/C11H13IN2O3/c1-2-17-10(15)7-13-11(16)14-9-6-4-3-5-8(9)12/h3-6H,2,7H2,1H3,(H2,13,14,16). The van der Waals surface area contributed by atoms with Crippen LogP contribution < -0.4 is 10.6 Å². The number of esters is 1. The molecule has 0 bridgehead atoms. The van der Waals surface area contributed by atoms with Crippen molar-refractivity contribution in [3.63, 3.8) is 0 Å². The minimum absolute atomic E-state index is 0.136. The molecule has 0 saturated carbocycles. The highest BCUT2D eigenvalue weighted by Crippen LogP contribution is 2.16. The fourth-order valence-corrected chi connectivity index (χ4v) is 1.62. The van der Waals surface area contributed by atoms with Gasteiger partial charge in [0.1, 0.15) is 6.54 Å². The summed E-state index contributed by atoms with van der Waals surface area (Å²) in [6, 6.07) is 6.93. The third-order valence-electron chi connectivity index (χ3n) is 1.82. The van der Waals surface area contributed by atoms with Crippen molar-refractivity contribution in [1.29, 1.82) is 0 Å². The van der Waals surface area contributed by atoms with Crippen molar-refractivity contribution in [2.75, 3.05) is 18.5 Å². The summed E-state index contributed by atoms with van der Waals surface area (Å²) >= 11 is 2.11. The van der Waals surface area contributed by atoms with E-state index in [0.717, 1.165) is 3.57 Å². The molecule has 1 aromatic rings. The Morgan fingerprint density at radius 3 is 2.71 bits per heavy atom. The van der Waals surface area contributed by atoms with Crippen molar-refractivity contribution in [2.45, 2.75) is 6.92 Å². The molecule has 0 aromatic heterocycles. The van der Waals surface area contributed by atoms with Crippen LogP contribution in [-0.4, -0.2) is 25.2 Å². The predicted molar refractivity (Wildman–Crippen MR) is 72.8 cm³/mol. The average Bonchev–Trinajstić information content (AvgIpc) is 2.30. The number of para-hydroxylation sites is 1. The van der Waals surface area contributed by atoms with E-state index in [0.29, 0.717) is 12.3 Å². The van der Waals surface area contributed by atoms with Crippen LogP contribution in [0.3, 0.4) is 0 Å². The zero-order valence-electron chi connectivity index (χ0n) is 9.33. The van der Waals surface area contributed by atoms with Gasteiger partial charge in [-0.15, -0.1) is 0 Å². The molecule has 0 saturated heterocycles. The zero-order chi connectivity index (χ0) is 12.7. The Morgan fingerprint density at radius 1 is 1.35 bits per heavy atom. The van der Waals surface area contributed by atoms with Gasteiger partial charge in [0, 0.05) is 3.57 Å². The van der Waals surface area contributed by atoms with Gasteiger partial charge in [0.15, 0.2) is 0 Å². The first-order chi connectivity index (χ1) is 8.13. The quantitative estimate of drug-likeness (QED) is 0.646. The fourth-order valence-electron chi connectivity index (χ4n) is 1.09. The molecule has 92 valence electrons. The van der Waals surface area contributed by atoms with Gasteiger partial charge < -0.3 is 15.4 Å². The number of benzene rings is 1.